The molecule has 158 valence electrons. The standard InChI is InChI=1S/C17H22N4O5S3/c1-10-6-7-13(8-11(10)2)21(29(5,24)25)12(3)15(23)18-16-19-20-17(28-16)27-9-14(22)26-4/h6-8,12H,9H2,1-5H3,(H,18,19,23)/t12-/m1/s1. The van der Waals surface area contributed by atoms with Gasteiger partial charge < -0.3 is 4.74 Å². The zero-order valence-electron chi connectivity index (χ0n) is 16.6. The third-order valence-electron chi connectivity index (χ3n) is 4.01. The van der Waals surface area contributed by atoms with Crippen LogP contribution in [-0.2, 0) is 24.3 Å². The number of methoxy groups -OCH3 is 1. The fraction of sp³-hybridized carbons (Fsp3) is 0.412. The number of carbonyl (C=O) groups is 2. The number of nitrogens with one attached hydrogen (secondary N) is 1. The maximum Gasteiger partial charge on any atom is 0.316 e. The molecule has 0 saturated heterocycles. The average Bonchev–Trinajstić information content (AvgIpc) is 3.08. The van der Waals surface area contributed by atoms with Crippen LogP contribution in [0.4, 0.5) is 10.8 Å². The quantitative estimate of drug-likeness (QED) is 0.363. The van der Waals surface area contributed by atoms with E-state index < -0.39 is 27.9 Å². The highest BCUT2D eigenvalue weighted by Crippen LogP contribution is 2.27. The van der Waals surface area contributed by atoms with Gasteiger partial charge in [-0.15, -0.1) is 10.2 Å². The molecule has 0 fully saturated rings. The number of aryl methyl sites for hydroxylation is 2. The second kappa shape index (κ2) is 9.55. The Balaban J connectivity index is 2.16. The van der Waals surface area contributed by atoms with Crippen molar-refractivity contribution in [3.63, 3.8) is 0 Å². The largest absolute Gasteiger partial charge is 0.468 e. The van der Waals surface area contributed by atoms with Crippen LogP contribution in [0.3, 0.4) is 0 Å². The molecule has 1 aromatic carbocycles. The zero-order chi connectivity index (χ0) is 21.8. The van der Waals surface area contributed by atoms with E-state index >= 15 is 0 Å². The molecule has 0 saturated carbocycles. The predicted molar refractivity (Wildman–Crippen MR) is 114 cm³/mol. The first-order valence-corrected chi connectivity index (χ1v) is 12.1. The summed E-state index contributed by atoms with van der Waals surface area (Å²) < 4.78 is 30.9. The topological polar surface area (TPSA) is 119 Å². The molecule has 29 heavy (non-hydrogen) atoms. The third-order valence-corrected chi connectivity index (χ3v) is 7.20. The van der Waals surface area contributed by atoms with Crippen LogP contribution in [-0.4, -0.2) is 55.7 Å². The van der Waals surface area contributed by atoms with Gasteiger partial charge in [-0.1, -0.05) is 29.2 Å². The van der Waals surface area contributed by atoms with Crippen LogP contribution in [0.2, 0.25) is 0 Å². The highest BCUT2D eigenvalue weighted by molar-refractivity contribution is 8.01. The molecule has 12 heteroatoms. The first-order valence-electron chi connectivity index (χ1n) is 8.43. The van der Waals surface area contributed by atoms with Crippen molar-refractivity contribution in [2.45, 2.75) is 31.2 Å². The van der Waals surface area contributed by atoms with Gasteiger partial charge in [0.05, 0.1) is 24.8 Å². The molecule has 0 radical (unpaired) electrons. The van der Waals surface area contributed by atoms with E-state index in [1.54, 1.807) is 12.1 Å². The number of anilines is 2. The van der Waals surface area contributed by atoms with Crippen molar-refractivity contribution < 1.29 is 22.7 Å². The molecule has 0 aliphatic heterocycles. The molecule has 0 spiro atoms. The molecule has 2 aromatic rings. The Hall–Kier alpha value is -2.18. The fourth-order valence-electron chi connectivity index (χ4n) is 2.38. The summed E-state index contributed by atoms with van der Waals surface area (Å²) in [5.41, 5.74) is 2.34. The summed E-state index contributed by atoms with van der Waals surface area (Å²) >= 11 is 2.22. The fourth-order valence-corrected chi connectivity index (χ4v) is 5.13. The number of thioether (sulfide) groups is 1. The minimum atomic E-state index is -3.72. The van der Waals surface area contributed by atoms with Gasteiger partial charge in [-0.05, 0) is 44.0 Å². The smallest absolute Gasteiger partial charge is 0.316 e. The Labute approximate surface area is 177 Å². The minimum Gasteiger partial charge on any atom is -0.468 e. The molecule has 1 heterocycles. The van der Waals surface area contributed by atoms with E-state index in [0.717, 1.165) is 44.8 Å². The molecule has 1 amide bonds. The van der Waals surface area contributed by atoms with Gasteiger partial charge in [0, 0.05) is 0 Å². The Kier molecular flexibility index (Phi) is 7.60. The van der Waals surface area contributed by atoms with E-state index in [1.165, 1.54) is 14.0 Å². The van der Waals surface area contributed by atoms with E-state index in [-0.39, 0.29) is 10.9 Å². The van der Waals surface area contributed by atoms with E-state index in [0.29, 0.717) is 10.0 Å². The number of hydrogen-bond donors (Lipinski definition) is 1. The monoisotopic (exact) mass is 458 g/mol. The highest BCUT2D eigenvalue weighted by atomic mass is 32.2. The van der Waals surface area contributed by atoms with Crippen LogP contribution < -0.4 is 9.62 Å². The molecule has 0 bridgehead atoms. The zero-order valence-corrected chi connectivity index (χ0v) is 19.1. The lowest BCUT2D eigenvalue weighted by molar-refractivity contribution is -0.137. The predicted octanol–water partition coefficient (Wildman–Crippen LogP) is 2.21. The number of aromatic nitrogens is 2. The lowest BCUT2D eigenvalue weighted by Gasteiger charge is -2.28. The Bertz CT molecular complexity index is 1010. The van der Waals surface area contributed by atoms with Crippen molar-refractivity contribution in [1.29, 1.82) is 0 Å². The number of ether oxygens (including phenoxy) is 1. The number of esters is 1. The van der Waals surface area contributed by atoms with Gasteiger partial charge in [0.1, 0.15) is 6.04 Å². The van der Waals surface area contributed by atoms with Crippen molar-refractivity contribution in [2.75, 3.05) is 28.7 Å². The maximum atomic E-state index is 12.7. The first kappa shape index (κ1) is 23.1. The second-order valence-corrected chi connectivity index (χ2v) is 10.3. The van der Waals surface area contributed by atoms with E-state index in [4.69, 9.17) is 0 Å². The molecule has 1 N–H and O–H groups in total. The van der Waals surface area contributed by atoms with Gasteiger partial charge in [-0.2, -0.15) is 0 Å². The summed E-state index contributed by atoms with van der Waals surface area (Å²) in [6.07, 6.45) is 1.05. The first-order chi connectivity index (χ1) is 13.5. The van der Waals surface area contributed by atoms with E-state index in [1.807, 2.05) is 19.9 Å². The van der Waals surface area contributed by atoms with Crippen molar-refractivity contribution in [2.24, 2.45) is 0 Å². The molecule has 0 aliphatic carbocycles. The molecular formula is C17H22N4O5S3. The number of carbonyl (C=O) groups excluding carboxylic acids is 2. The molecule has 9 nitrogen and oxygen atoms in total. The van der Waals surface area contributed by atoms with Gasteiger partial charge in [0.15, 0.2) is 4.34 Å². The summed E-state index contributed by atoms with van der Waals surface area (Å²) in [7, 11) is -2.42. The Morgan fingerprint density at radius 1 is 1.28 bits per heavy atom. The number of rotatable bonds is 8. The van der Waals surface area contributed by atoms with E-state index in [2.05, 4.69) is 20.3 Å². The normalized spacial score (nSPS) is 12.3. The summed E-state index contributed by atoms with van der Waals surface area (Å²) in [5, 5.41) is 10.5. The number of hydrogen-bond acceptors (Lipinski definition) is 9. The lowest BCUT2D eigenvalue weighted by atomic mass is 10.1. The van der Waals surface area contributed by atoms with Gasteiger partial charge in [-0.3, -0.25) is 19.2 Å². The van der Waals surface area contributed by atoms with Crippen molar-refractivity contribution in [3.8, 4) is 0 Å². The second-order valence-electron chi connectivity index (χ2n) is 6.23. The summed E-state index contributed by atoms with van der Waals surface area (Å²) in [6.45, 7) is 5.30. The van der Waals surface area contributed by atoms with Gasteiger partial charge in [0.25, 0.3) is 0 Å². The van der Waals surface area contributed by atoms with Gasteiger partial charge in [0.2, 0.25) is 21.1 Å². The van der Waals surface area contributed by atoms with Crippen molar-refractivity contribution >= 4 is 55.8 Å². The summed E-state index contributed by atoms with van der Waals surface area (Å²) in [4.78, 5) is 23.9. The van der Waals surface area contributed by atoms with Gasteiger partial charge in [-0.25, -0.2) is 8.42 Å². The van der Waals surface area contributed by atoms with E-state index in [9.17, 15) is 18.0 Å². The van der Waals surface area contributed by atoms with Crippen LogP contribution in [0, 0.1) is 13.8 Å². The number of amides is 1. The summed E-state index contributed by atoms with van der Waals surface area (Å²) in [5.74, 6) is -0.875. The molecule has 0 aliphatic rings. The van der Waals surface area contributed by atoms with Crippen LogP contribution >= 0.6 is 23.1 Å². The Morgan fingerprint density at radius 3 is 2.55 bits per heavy atom. The maximum absolute atomic E-state index is 12.7. The highest BCUT2D eigenvalue weighted by Gasteiger charge is 2.30. The lowest BCUT2D eigenvalue weighted by Crippen LogP contribution is -2.45. The van der Waals surface area contributed by atoms with Crippen LogP contribution in [0.1, 0.15) is 18.1 Å². The van der Waals surface area contributed by atoms with Crippen LogP contribution in [0.5, 0.6) is 0 Å². The van der Waals surface area contributed by atoms with Crippen molar-refractivity contribution in [1.82, 2.24) is 10.2 Å². The molecule has 1 aromatic heterocycles. The molecular weight excluding hydrogens is 436 g/mol. The minimum absolute atomic E-state index is 0.0735. The van der Waals surface area contributed by atoms with Crippen LogP contribution in [0.15, 0.2) is 22.5 Å². The average molecular weight is 459 g/mol. The van der Waals surface area contributed by atoms with Crippen molar-refractivity contribution in [3.05, 3.63) is 29.3 Å². The Morgan fingerprint density at radius 2 is 1.97 bits per heavy atom. The summed E-state index contributed by atoms with van der Waals surface area (Å²) in [6, 6.07) is 4.19. The SMILES string of the molecule is COC(=O)CSc1nnc(NC(=O)[C@@H](C)N(c2ccc(C)c(C)c2)S(C)(=O)=O)s1. The number of sulfonamides is 1. The van der Waals surface area contributed by atoms with Gasteiger partial charge >= 0.3 is 5.97 Å². The number of nitrogens with zero attached hydrogens (tertiary/aromatic N) is 3. The third kappa shape index (κ3) is 6.15. The number of benzene rings is 1. The molecule has 0 unspecified atom stereocenters. The molecule has 2 rings (SSSR count). The van der Waals surface area contributed by atoms with Crippen LogP contribution in [0.25, 0.3) is 0 Å². The molecule has 1 atom stereocenters.